The predicted molar refractivity (Wildman–Crippen MR) is 98.3 cm³/mol. The van der Waals surface area contributed by atoms with Gasteiger partial charge in [-0.3, -0.25) is 9.78 Å². The number of aryl methyl sites for hydroxylation is 2. The third-order valence-corrected chi connectivity index (χ3v) is 5.65. The summed E-state index contributed by atoms with van der Waals surface area (Å²) in [6.45, 7) is 7.62. The lowest BCUT2D eigenvalue weighted by molar-refractivity contribution is -0.147. The Kier molecular flexibility index (Phi) is 4.41. The topological polar surface area (TPSA) is 92.4 Å². The number of hydrogen-bond donors (Lipinski definition) is 2. The summed E-state index contributed by atoms with van der Waals surface area (Å²) in [6.07, 6.45) is 3.57. The van der Waals surface area contributed by atoms with Gasteiger partial charge in [0.1, 0.15) is 11.2 Å². The highest BCUT2D eigenvalue weighted by Gasteiger charge is 2.52. The zero-order valence-corrected chi connectivity index (χ0v) is 15.6. The zero-order chi connectivity index (χ0) is 20.1. The van der Waals surface area contributed by atoms with Crippen LogP contribution in [0, 0.1) is 19.3 Å². The van der Waals surface area contributed by atoms with E-state index >= 15 is 0 Å². The first kappa shape index (κ1) is 18.8. The molecule has 2 atom stereocenters. The number of halogens is 1. The maximum atomic E-state index is 14.7. The lowest BCUT2D eigenvalue weighted by atomic mass is 9.67. The van der Waals surface area contributed by atoms with Crippen LogP contribution in [0.2, 0.25) is 0 Å². The lowest BCUT2D eigenvalue weighted by Gasteiger charge is -2.35. The quantitative estimate of drug-likeness (QED) is 0.853. The van der Waals surface area contributed by atoms with Gasteiger partial charge in [0.2, 0.25) is 0 Å². The number of aromatic nitrogens is 2. The molecule has 2 aromatic rings. The van der Waals surface area contributed by atoms with E-state index < -0.39 is 29.1 Å². The Hall–Kier alpha value is -2.96. The van der Waals surface area contributed by atoms with E-state index in [4.69, 9.17) is 0 Å². The summed E-state index contributed by atoms with van der Waals surface area (Å²) in [7, 11) is 0. The predicted octanol–water partition coefficient (Wildman–Crippen LogP) is 3.73. The number of carboxylic acids is 2. The van der Waals surface area contributed by atoms with E-state index in [-0.39, 0.29) is 11.3 Å². The van der Waals surface area contributed by atoms with Crippen molar-refractivity contribution in [2.75, 3.05) is 0 Å². The van der Waals surface area contributed by atoms with E-state index in [1.165, 1.54) is 13.1 Å². The molecule has 0 spiro atoms. The largest absolute Gasteiger partial charge is 0.480 e. The minimum Gasteiger partial charge on any atom is -0.480 e. The zero-order valence-electron chi connectivity index (χ0n) is 15.6. The second kappa shape index (κ2) is 6.33. The summed E-state index contributed by atoms with van der Waals surface area (Å²) in [4.78, 5) is 28.3. The maximum Gasteiger partial charge on any atom is 0.332 e. The summed E-state index contributed by atoms with van der Waals surface area (Å²) in [5, 5.41) is 20.4. The van der Waals surface area contributed by atoms with Crippen molar-refractivity contribution in [3.63, 3.8) is 0 Å². The van der Waals surface area contributed by atoms with Crippen LogP contribution < -0.4 is 0 Å². The van der Waals surface area contributed by atoms with Crippen LogP contribution in [-0.4, -0.2) is 31.7 Å². The lowest BCUT2D eigenvalue weighted by Crippen LogP contribution is -2.40. The second-order valence-electron chi connectivity index (χ2n) is 6.93. The molecule has 2 heterocycles. The molecule has 0 saturated carbocycles. The molecule has 27 heavy (non-hydrogen) atoms. The molecule has 1 aliphatic carbocycles. The third-order valence-electron chi connectivity index (χ3n) is 5.65. The van der Waals surface area contributed by atoms with Gasteiger partial charge in [-0.25, -0.2) is 9.18 Å². The van der Waals surface area contributed by atoms with Gasteiger partial charge in [-0.2, -0.15) is 0 Å². The minimum absolute atomic E-state index is 0.194. The normalized spacial score (nSPS) is 22.5. The van der Waals surface area contributed by atoms with Gasteiger partial charge in [-0.15, -0.1) is 0 Å². The number of nitrogens with zero attached hydrogens (tertiary/aromatic N) is 2. The van der Waals surface area contributed by atoms with Gasteiger partial charge in [0.25, 0.3) is 0 Å². The average molecular weight is 372 g/mol. The highest BCUT2D eigenvalue weighted by molar-refractivity contribution is 5.96. The molecule has 0 aliphatic heterocycles. The van der Waals surface area contributed by atoms with Crippen LogP contribution >= 0.6 is 0 Å². The van der Waals surface area contributed by atoms with Crippen molar-refractivity contribution in [3.8, 4) is 0 Å². The van der Waals surface area contributed by atoms with E-state index in [0.29, 0.717) is 12.1 Å². The Morgan fingerprint density at radius 2 is 1.96 bits per heavy atom. The van der Waals surface area contributed by atoms with Crippen LogP contribution in [0.4, 0.5) is 4.39 Å². The molecular weight excluding hydrogens is 351 g/mol. The van der Waals surface area contributed by atoms with E-state index in [1.54, 1.807) is 0 Å². The van der Waals surface area contributed by atoms with Gasteiger partial charge < -0.3 is 14.8 Å². The molecule has 2 aromatic heterocycles. The molecule has 2 unspecified atom stereocenters. The Bertz CT molecular complexity index is 1030. The van der Waals surface area contributed by atoms with Crippen molar-refractivity contribution in [3.05, 3.63) is 52.8 Å². The number of carboxylic acid groups (broad SMARTS) is 2. The van der Waals surface area contributed by atoms with Crippen LogP contribution in [0.1, 0.15) is 36.7 Å². The van der Waals surface area contributed by atoms with Crippen molar-refractivity contribution >= 4 is 22.8 Å². The van der Waals surface area contributed by atoms with Gasteiger partial charge in [0, 0.05) is 29.4 Å². The van der Waals surface area contributed by atoms with Crippen LogP contribution in [-0.2, 0) is 16.1 Å². The summed E-state index contributed by atoms with van der Waals surface area (Å²) in [5.74, 6) is -4.89. The SMILES string of the molecule is CCn1c(C)c(C)c2ccnc(C3C(C(=O)O)=CC=C(F)C3(C)C(=O)O)c21. The number of hydrogen-bond acceptors (Lipinski definition) is 3. The molecule has 1 aliphatic rings. The van der Waals surface area contributed by atoms with Crippen molar-refractivity contribution in [1.29, 1.82) is 0 Å². The third kappa shape index (κ3) is 2.49. The van der Waals surface area contributed by atoms with E-state index in [9.17, 15) is 24.2 Å². The highest BCUT2D eigenvalue weighted by Crippen LogP contribution is 2.50. The Labute approximate surface area is 155 Å². The molecule has 2 N–H and O–H groups in total. The summed E-state index contributed by atoms with van der Waals surface area (Å²) >= 11 is 0. The molecule has 0 saturated heterocycles. The summed E-state index contributed by atoms with van der Waals surface area (Å²) in [5.41, 5.74) is 0.628. The van der Waals surface area contributed by atoms with Crippen molar-refractivity contribution in [2.45, 2.75) is 40.2 Å². The number of aliphatic carboxylic acids is 2. The molecule has 6 nitrogen and oxygen atoms in total. The summed E-state index contributed by atoms with van der Waals surface area (Å²) < 4.78 is 16.7. The molecule has 0 aromatic carbocycles. The van der Waals surface area contributed by atoms with Gasteiger partial charge in [0.15, 0.2) is 0 Å². The standard InChI is InChI=1S/C20H21FN2O4/c1-5-23-11(3)10(2)12-8-9-22-16(17(12)23)15-13(18(24)25)6-7-14(21)20(15,4)19(26)27/h6-9,15H,5H2,1-4H3,(H,24,25)(H,26,27). The molecular formula is C20H21FN2O4. The van der Waals surface area contributed by atoms with Crippen LogP contribution in [0.5, 0.6) is 0 Å². The number of carbonyl (C=O) groups is 2. The van der Waals surface area contributed by atoms with Gasteiger partial charge in [0.05, 0.1) is 17.1 Å². The number of pyridine rings is 1. The van der Waals surface area contributed by atoms with Crippen molar-refractivity contribution in [2.24, 2.45) is 5.41 Å². The van der Waals surface area contributed by atoms with Crippen molar-refractivity contribution < 1.29 is 24.2 Å². The van der Waals surface area contributed by atoms with Gasteiger partial charge in [-0.1, -0.05) is 0 Å². The van der Waals surface area contributed by atoms with Gasteiger partial charge >= 0.3 is 11.9 Å². The number of fused-ring (bicyclic) bond motifs is 1. The van der Waals surface area contributed by atoms with Gasteiger partial charge in [-0.05, 0) is 51.5 Å². The van der Waals surface area contributed by atoms with E-state index in [0.717, 1.165) is 28.8 Å². The summed E-state index contributed by atoms with van der Waals surface area (Å²) in [6, 6.07) is 1.81. The average Bonchev–Trinajstić information content (AvgIpc) is 2.87. The molecule has 142 valence electrons. The van der Waals surface area contributed by atoms with Crippen molar-refractivity contribution in [1.82, 2.24) is 9.55 Å². The number of rotatable bonds is 4. The molecule has 0 amide bonds. The second-order valence-corrected chi connectivity index (χ2v) is 6.93. The van der Waals surface area contributed by atoms with E-state index in [1.807, 2.05) is 31.4 Å². The molecule has 7 heteroatoms. The fourth-order valence-electron chi connectivity index (χ4n) is 3.95. The monoisotopic (exact) mass is 372 g/mol. The first-order valence-electron chi connectivity index (χ1n) is 8.65. The molecule has 0 bridgehead atoms. The minimum atomic E-state index is -2.06. The Morgan fingerprint density at radius 1 is 1.30 bits per heavy atom. The highest BCUT2D eigenvalue weighted by atomic mass is 19.1. The fraction of sp³-hybridized carbons (Fsp3) is 0.350. The smallest absolute Gasteiger partial charge is 0.332 e. The first-order valence-corrected chi connectivity index (χ1v) is 8.65. The molecule has 3 rings (SSSR count). The van der Waals surface area contributed by atoms with Crippen LogP contribution in [0.25, 0.3) is 10.9 Å². The fourth-order valence-corrected chi connectivity index (χ4v) is 3.95. The van der Waals surface area contributed by atoms with Crippen LogP contribution in [0.15, 0.2) is 35.8 Å². The Balaban J connectivity index is 2.44. The van der Waals surface area contributed by atoms with Crippen LogP contribution in [0.3, 0.4) is 0 Å². The first-order chi connectivity index (χ1) is 12.7. The molecule has 0 fully saturated rings. The number of allylic oxidation sites excluding steroid dienone is 2. The molecule has 0 radical (unpaired) electrons. The Morgan fingerprint density at radius 3 is 2.52 bits per heavy atom. The van der Waals surface area contributed by atoms with E-state index in [2.05, 4.69) is 4.98 Å². The maximum absolute atomic E-state index is 14.7.